The summed E-state index contributed by atoms with van der Waals surface area (Å²) in [5, 5.41) is 5.24. The van der Waals surface area contributed by atoms with E-state index in [1.807, 2.05) is 121 Å². The molecule has 1 heterocycles. The second-order valence-electron chi connectivity index (χ2n) is 10.8. The van der Waals surface area contributed by atoms with E-state index in [1.165, 1.54) is 0 Å². The summed E-state index contributed by atoms with van der Waals surface area (Å²) in [6.07, 6.45) is 0. The Bertz CT molecular complexity index is 1680. The molecule has 1 fully saturated rings. The summed E-state index contributed by atoms with van der Waals surface area (Å²) in [6, 6.07) is 41.6. The predicted octanol–water partition coefficient (Wildman–Crippen LogP) is 5.64. The maximum absolute atomic E-state index is 14.2. The van der Waals surface area contributed by atoms with E-state index in [2.05, 4.69) is 5.32 Å². The summed E-state index contributed by atoms with van der Waals surface area (Å²) in [5.74, 6) is -1.11. The van der Waals surface area contributed by atoms with Gasteiger partial charge in [-0.2, -0.15) is 0 Å². The van der Waals surface area contributed by atoms with Crippen LogP contribution in [-0.4, -0.2) is 53.2 Å². The lowest BCUT2D eigenvalue weighted by molar-refractivity contribution is -0.137. The molecule has 0 aromatic heterocycles. The van der Waals surface area contributed by atoms with Crippen LogP contribution in [0.5, 0.6) is 0 Å². The fourth-order valence-corrected chi connectivity index (χ4v) is 5.90. The third-order valence-corrected chi connectivity index (χ3v) is 8.12. The van der Waals surface area contributed by atoms with E-state index in [1.54, 1.807) is 21.9 Å². The molecule has 6 heteroatoms. The molecule has 3 amide bonds. The Morgan fingerprint density at radius 1 is 0.674 bits per heavy atom. The quantitative estimate of drug-likeness (QED) is 0.277. The SMILES string of the molecule is O=C(NCc1cccc2ccccc12)C1CN(C(=O)C(c2ccccc2)c2ccccc2)CCN1C(=O)c1ccccc1. The Hall–Kier alpha value is -5.23. The summed E-state index contributed by atoms with van der Waals surface area (Å²) < 4.78 is 0. The number of amides is 3. The largest absolute Gasteiger partial charge is 0.350 e. The number of hydrogen-bond acceptors (Lipinski definition) is 3. The highest BCUT2D eigenvalue weighted by atomic mass is 16.2. The molecule has 1 aliphatic rings. The lowest BCUT2D eigenvalue weighted by Gasteiger charge is -2.41. The molecular weight excluding hydrogens is 534 g/mol. The van der Waals surface area contributed by atoms with Crippen molar-refractivity contribution in [3.63, 3.8) is 0 Å². The van der Waals surface area contributed by atoms with Gasteiger partial charge in [0.05, 0.1) is 12.5 Å². The zero-order chi connectivity index (χ0) is 29.6. The van der Waals surface area contributed by atoms with E-state index in [9.17, 15) is 14.4 Å². The standard InChI is InChI=1S/C37H33N3O3/c41-35(38-25-31-21-12-20-27-13-10-11-22-32(27)31)33-26-39(23-24-40(33)36(42)30-18-8-3-9-19-30)37(43)34(28-14-4-1-5-15-28)29-16-6-2-7-17-29/h1-22,33-34H,23-26H2,(H,38,41). The molecule has 1 atom stereocenters. The van der Waals surface area contributed by atoms with Crippen LogP contribution in [0.1, 0.15) is 33.0 Å². The number of nitrogens with zero attached hydrogens (tertiary/aromatic N) is 2. The molecule has 43 heavy (non-hydrogen) atoms. The summed E-state index contributed by atoms with van der Waals surface area (Å²) in [4.78, 5) is 45.1. The van der Waals surface area contributed by atoms with Crippen LogP contribution in [-0.2, 0) is 16.1 Å². The van der Waals surface area contributed by atoms with Crippen molar-refractivity contribution in [3.8, 4) is 0 Å². The van der Waals surface area contributed by atoms with Crippen molar-refractivity contribution < 1.29 is 14.4 Å². The molecule has 1 unspecified atom stereocenters. The second-order valence-corrected chi connectivity index (χ2v) is 10.8. The first-order valence-corrected chi connectivity index (χ1v) is 14.6. The Morgan fingerprint density at radius 3 is 1.93 bits per heavy atom. The first-order chi connectivity index (χ1) is 21.1. The average molecular weight is 568 g/mol. The van der Waals surface area contributed by atoms with Gasteiger partial charge in [-0.1, -0.05) is 121 Å². The van der Waals surface area contributed by atoms with E-state index in [-0.39, 0.29) is 30.8 Å². The maximum atomic E-state index is 14.2. The lowest BCUT2D eigenvalue weighted by Crippen LogP contribution is -2.62. The Morgan fingerprint density at radius 2 is 1.26 bits per heavy atom. The minimum absolute atomic E-state index is 0.0870. The highest BCUT2D eigenvalue weighted by Crippen LogP contribution is 2.28. The summed E-state index contributed by atoms with van der Waals surface area (Å²) >= 11 is 0. The molecule has 5 aromatic rings. The third-order valence-electron chi connectivity index (χ3n) is 8.12. The smallest absolute Gasteiger partial charge is 0.254 e. The maximum Gasteiger partial charge on any atom is 0.254 e. The molecule has 0 saturated carbocycles. The van der Waals surface area contributed by atoms with Crippen molar-refractivity contribution >= 4 is 28.5 Å². The van der Waals surface area contributed by atoms with E-state index >= 15 is 0 Å². The fourth-order valence-electron chi connectivity index (χ4n) is 5.90. The van der Waals surface area contributed by atoms with Gasteiger partial charge in [0.2, 0.25) is 11.8 Å². The zero-order valence-electron chi connectivity index (χ0n) is 23.8. The molecular formula is C37H33N3O3. The van der Waals surface area contributed by atoms with E-state index in [0.717, 1.165) is 27.5 Å². The van der Waals surface area contributed by atoms with Gasteiger partial charge in [0.1, 0.15) is 6.04 Å². The number of carbonyl (C=O) groups excluding carboxylic acids is 3. The zero-order valence-corrected chi connectivity index (χ0v) is 23.8. The van der Waals surface area contributed by atoms with Crippen molar-refractivity contribution in [1.29, 1.82) is 0 Å². The van der Waals surface area contributed by atoms with Crippen molar-refractivity contribution in [1.82, 2.24) is 15.1 Å². The monoisotopic (exact) mass is 567 g/mol. The Kier molecular flexibility index (Phi) is 8.27. The van der Waals surface area contributed by atoms with Crippen LogP contribution in [0.15, 0.2) is 133 Å². The molecule has 1 aliphatic heterocycles. The van der Waals surface area contributed by atoms with Crippen LogP contribution >= 0.6 is 0 Å². The van der Waals surface area contributed by atoms with Crippen LogP contribution in [0.4, 0.5) is 0 Å². The number of piperazine rings is 1. The molecule has 5 aromatic carbocycles. The van der Waals surface area contributed by atoms with Crippen molar-refractivity contribution in [2.24, 2.45) is 0 Å². The van der Waals surface area contributed by atoms with Gasteiger partial charge in [0.15, 0.2) is 0 Å². The third kappa shape index (κ3) is 6.04. The molecule has 1 saturated heterocycles. The normalized spacial score (nSPS) is 15.0. The van der Waals surface area contributed by atoms with E-state index in [0.29, 0.717) is 18.7 Å². The molecule has 0 radical (unpaired) electrons. The predicted molar refractivity (Wildman–Crippen MR) is 168 cm³/mol. The Labute approximate surface area is 251 Å². The van der Waals surface area contributed by atoms with Gasteiger partial charge in [-0.3, -0.25) is 14.4 Å². The lowest BCUT2D eigenvalue weighted by atomic mass is 9.89. The molecule has 0 spiro atoms. The molecule has 6 rings (SSSR count). The van der Waals surface area contributed by atoms with Crippen molar-refractivity contribution in [3.05, 3.63) is 156 Å². The minimum atomic E-state index is -0.840. The van der Waals surface area contributed by atoms with Gasteiger partial charge in [-0.25, -0.2) is 0 Å². The molecule has 214 valence electrons. The average Bonchev–Trinajstić information content (AvgIpc) is 3.08. The van der Waals surface area contributed by atoms with Crippen LogP contribution < -0.4 is 5.32 Å². The van der Waals surface area contributed by atoms with E-state index < -0.39 is 12.0 Å². The second kappa shape index (κ2) is 12.7. The highest BCUT2D eigenvalue weighted by molar-refractivity contribution is 5.98. The van der Waals surface area contributed by atoms with Crippen LogP contribution in [0.3, 0.4) is 0 Å². The summed E-state index contributed by atoms with van der Waals surface area (Å²) in [6.45, 7) is 1.01. The van der Waals surface area contributed by atoms with Gasteiger partial charge < -0.3 is 15.1 Å². The van der Waals surface area contributed by atoms with Crippen molar-refractivity contribution in [2.45, 2.75) is 18.5 Å². The van der Waals surface area contributed by atoms with Gasteiger partial charge >= 0.3 is 0 Å². The van der Waals surface area contributed by atoms with Crippen LogP contribution in [0.25, 0.3) is 10.8 Å². The van der Waals surface area contributed by atoms with Gasteiger partial charge in [0, 0.05) is 25.2 Å². The number of hydrogen-bond donors (Lipinski definition) is 1. The van der Waals surface area contributed by atoms with E-state index in [4.69, 9.17) is 0 Å². The Balaban J connectivity index is 1.28. The summed E-state index contributed by atoms with van der Waals surface area (Å²) in [7, 11) is 0. The molecule has 6 nitrogen and oxygen atoms in total. The first-order valence-electron chi connectivity index (χ1n) is 14.6. The number of carbonyl (C=O) groups is 3. The highest BCUT2D eigenvalue weighted by Gasteiger charge is 2.39. The summed E-state index contributed by atoms with van der Waals surface area (Å²) in [5.41, 5.74) is 3.28. The first kappa shape index (κ1) is 27.9. The molecule has 1 N–H and O–H groups in total. The number of benzene rings is 5. The van der Waals surface area contributed by atoms with Crippen LogP contribution in [0.2, 0.25) is 0 Å². The number of fused-ring (bicyclic) bond motifs is 1. The topological polar surface area (TPSA) is 69.7 Å². The number of nitrogens with one attached hydrogen (secondary N) is 1. The van der Waals surface area contributed by atoms with Gasteiger partial charge in [0.25, 0.3) is 5.91 Å². The number of rotatable bonds is 7. The molecule has 0 aliphatic carbocycles. The fraction of sp³-hybridized carbons (Fsp3) is 0.162. The minimum Gasteiger partial charge on any atom is -0.350 e. The molecule has 0 bridgehead atoms. The van der Waals surface area contributed by atoms with Gasteiger partial charge in [-0.15, -0.1) is 0 Å². The van der Waals surface area contributed by atoms with Crippen molar-refractivity contribution in [2.75, 3.05) is 19.6 Å². The van der Waals surface area contributed by atoms with Crippen LogP contribution in [0, 0.1) is 0 Å². The van der Waals surface area contributed by atoms with Gasteiger partial charge in [-0.05, 0) is 39.6 Å².